The van der Waals surface area contributed by atoms with Gasteiger partial charge in [-0.1, -0.05) is 17.7 Å². The van der Waals surface area contributed by atoms with Gasteiger partial charge < -0.3 is 8.92 Å². The second-order valence-corrected chi connectivity index (χ2v) is 8.40. The molecule has 0 saturated heterocycles. The number of aliphatic imine (C=N–C) groups is 1. The van der Waals surface area contributed by atoms with Crippen LogP contribution in [0.1, 0.15) is 11.1 Å². The molecule has 0 saturated carbocycles. The highest BCUT2D eigenvalue weighted by Gasteiger charge is 2.18. The van der Waals surface area contributed by atoms with Crippen molar-refractivity contribution < 1.29 is 17.3 Å². The zero-order chi connectivity index (χ0) is 20.1. The maximum absolute atomic E-state index is 12.4. The molecule has 5 nitrogen and oxygen atoms in total. The lowest BCUT2D eigenvalue weighted by molar-refractivity contribution is 0.415. The monoisotopic (exact) mass is 459 g/mol. The molecule has 0 aliphatic heterocycles. The van der Waals surface area contributed by atoms with E-state index >= 15 is 0 Å². The highest BCUT2D eigenvalue weighted by atomic mass is 79.9. The fourth-order valence-electron chi connectivity index (χ4n) is 2.35. The Morgan fingerprint density at radius 3 is 2.25 bits per heavy atom. The van der Waals surface area contributed by atoms with E-state index in [9.17, 15) is 8.42 Å². The Kier molecular flexibility index (Phi) is 6.16. The fraction of sp³-hybridized carbons (Fsp3) is 0.0952. The lowest BCUT2D eigenvalue weighted by atomic mass is 10.2. The molecule has 0 amide bonds. The lowest BCUT2D eigenvalue weighted by Crippen LogP contribution is -2.10. The Labute approximate surface area is 172 Å². The molecule has 28 heavy (non-hydrogen) atoms. The number of benzene rings is 3. The second-order valence-electron chi connectivity index (χ2n) is 6.00. The first kappa shape index (κ1) is 20.1. The molecule has 0 unspecified atom stereocenters. The normalized spacial score (nSPS) is 11.5. The van der Waals surface area contributed by atoms with Gasteiger partial charge in [-0.25, -0.2) is 0 Å². The van der Waals surface area contributed by atoms with Gasteiger partial charge in [0.2, 0.25) is 0 Å². The van der Waals surface area contributed by atoms with Crippen molar-refractivity contribution in [3.63, 3.8) is 0 Å². The molecule has 7 heteroatoms. The topological polar surface area (TPSA) is 65.0 Å². The summed E-state index contributed by atoms with van der Waals surface area (Å²) in [6.45, 7) is 1.89. The van der Waals surface area contributed by atoms with E-state index in [4.69, 9.17) is 8.92 Å². The van der Waals surface area contributed by atoms with Crippen LogP contribution in [-0.4, -0.2) is 21.7 Å². The quantitative estimate of drug-likeness (QED) is 0.371. The van der Waals surface area contributed by atoms with Crippen LogP contribution >= 0.6 is 15.9 Å². The summed E-state index contributed by atoms with van der Waals surface area (Å²) < 4.78 is 35.8. The van der Waals surface area contributed by atoms with Gasteiger partial charge in [-0.15, -0.1) is 0 Å². The van der Waals surface area contributed by atoms with Crippen molar-refractivity contribution in [1.82, 2.24) is 0 Å². The molecule has 0 aliphatic rings. The smallest absolute Gasteiger partial charge is 0.339 e. The summed E-state index contributed by atoms with van der Waals surface area (Å²) in [7, 11) is -2.29. The third-order valence-corrected chi connectivity index (χ3v) is 5.77. The Hall–Kier alpha value is -2.64. The number of hydrogen-bond acceptors (Lipinski definition) is 5. The van der Waals surface area contributed by atoms with E-state index in [0.717, 1.165) is 22.6 Å². The molecule has 0 fully saturated rings. The third-order valence-electron chi connectivity index (χ3n) is 3.90. The minimum absolute atomic E-state index is 0.107. The number of methoxy groups -OCH3 is 1. The summed E-state index contributed by atoms with van der Waals surface area (Å²) in [5.41, 5.74) is 2.54. The SMILES string of the molecule is COc1ccc(N=Cc2ccc(OS(=O)(=O)c3ccc(C)cc3)c(Br)c2)cc1. The molecule has 0 aliphatic carbocycles. The molecule has 0 bridgehead atoms. The van der Waals surface area contributed by atoms with Gasteiger partial charge >= 0.3 is 10.1 Å². The van der Waals surface area contributed by atoms with Crippen molar-refractivity contribution >= 4 is 38.0 Å². The van der Waals surface area contributed by atoms with Gasteiger partial charge in [0.1, 0.15) is 10.6 Å². The van der Waals surface area contributed by atoms with Crippen LogP contribution in [0.4, 0.5) is 5.69 Å². The Morgan fingerprint density at radius 1 is 0.964 bits per heavy atom. The number of hydrogen-bond donors (Lipinski definition) is 0. The van der Waals surface area contributed by atoms with E-state index in [1.165, 1.54) is 12.1 Å². The van der Waals surface area contributed by atoms with Crippen LogP contribution in [0.25, 0.3) is 0 Å². The molecular formula is C21H18BrNO4S. The predicted molar refractivity (Wildman–Crippen MR) is 113 cm³/mol. The minimum atomic E-state index is -3.90. The maximum Gasteiger partial charge on any atom is 0.339 e. The van der Waals surface area contributed by atoms with Gasteiger partial charge in [0.05, 0.1) is 17.3 Å². The molecule has 0 radical (unpaired) electrons. The molecule has 3 rings (SSSR count). The number of ether oxygens (including phenoxy) is 1. The number of aryl methyl sites for hydroxylation is 1. The molecule has 0 heterocycles. The summed E-state index contributed by atoms with van der Waals surface area (Å²) in [6, 6.07) is 18.9. The van der Waals surface area contributed by atoms with Crippen LogP contribution in [0.3, 0.4) is 0 Å². The van der Waals surface area contributed by atoms with Crippen molar-refractivity contribution in [2.75, 3.05) is 7.11 Å². The van der Waals surface area contributed by atoms with Gasteiger partial charge in [-0.05, 0) is 83.0 Å². The van der Waals surface area contributed by atoms with Gasteiger partial charge in [0.15, 0.2) is 5.75 Å². The standard InChI is InChI=1S/C21H18BrNO4S/c1-15-3-10-19(11-4-15)28(24,25)27-21-12-5-16(13-20(21)22)14-23-17-6-8-18(26-2)9-7-17/h3-14H,1-2H3. The van der Waals surface area contributed by atoms with E-state index in [-0.39, 0.29) is 10.6 Å². The van der Waals surface area contributed by atoms with Crippen LogP contribution in [0.5, 0.6) is 11.5 Å². The van der Waals surface area contributed by atoms with Crippen molar-refractivity contribution in [2.24, 2.45) is 4.99 Å². The molecule has 0 aromatic heterocycles. The average molecular weight is 460 g/mol. The van der Waals surface area contributed by atoms with E-state index < -0.39 is 10.1 Å². The summed E-state index contributed by atoms with van der Waals surface area (Å²) in [4.78, 5) is 4.50. The third kappa shape index (κ3) is 4.99. The molecule has 0 atom stereocenters. The van der Waals surface area contributed by atoms with Crippen molar-refractivity contribution in [2.45, 2.75) is 11.8 Å². The molecule has 144 valence electrons. The summed E-state index contributed by atoms with van der Waals surface area (Å²) in [6.07, 6.45) is 1.69. The van der Waals surface area contributed by atoms with E-state index in [2.05, 4.69) is 20.9 Å². The number of halogens is 1. The van der Waals surface area contributed by atoms with Crippen molar-refractivity contribution in [3.8, 4) is 11.5 Å². The fourth-order valence-corrected chi connectivity index (χ4v) is 3.89. The molecule has 0 spiro atoms. The van der Waals surface area contributed by atoms with E-state index in [0.29, 0.717) is 4.47 Å². The van der Waals surface area contributed by atoms with Crippen LogP contribution < -0.4 is 8.92 Å². The Morgan fingerprint density at radius 2 is 1.64 bits per heavy atom. The maximum atomic E-state index is 12.4. The van der Waals surface area contributed by atoms with Crippen LogP contribution in [-0.2, 0) is 10.1 Å². The van der Waals surface area contributed by atoms with Crippen molar-refractivity contribution in [3.05, 3.63) is 82.3 Å². The molecule has 0 N–H and O–H groups in total. The van der Waals surface area contributed by atoms with E-state index in [1.54, 1.807) is 43.7 Å². The van der Waals surface area contributed by atoms with Gasteiger partial charge in [0, 0.05) is 6.21 Å². The summed E-state index contributed by atoms with van der Waals surface area (Å²) >= 11 is 3.36. The Bertz CT molecular complexity index is 1090. The van der Waals surface area contributed by atoms with Crippen LogP contribution in [0.15, 0.2) is 81.1 Å². The molecular weight excluding hydrogens is 442 g/mol. The molecule has 3 aromatic rings. The van der Waals surface area contributed by atoms with Crippen molar-refractivity contribution in [1.29, 1.82) is 0 Å². The van der Waals surface area contributed by atoms with Crippen LogP contribution in [0.2, 0.25) is 0 Å². The average Bonchev–Trinajstić information content (AvgIpc) is 2.69. The zero-order valence-corrected chi connectivity index (χ0v) is 17.7. The van der Waals surface area contributed by atoms with E-state index in [1.807, 2.05) is 31.2 Å². The predicted octanol–water partition coefficient (Wildman–Crippen LogP) is 5.28. The largest absolute Gasteiger partial charge is 0.497 e. The number of rotatable bonds is 6. The Balaban J connectivity index is 1.76. The van der Waals surface area contributed by atoms with Gasteiger partial charge in [-0.3, -0.25) is 4.99 Å². The first-order valence-electron chi connectivity index (χ1n) is 8.36. The minimum Gasteiger partial charge on any atom is -0.497 e. The van der Waals surface area contributed by atoms with Gasteiger partial charge in [0.25, 0.3) is 0 Å². The first-order valence-corrected chi connectivity index (χ1v) is 10.6. The zero-order valence-electron chi connectivity index (χ0n) is 15.3. The lowest BCUT2D eigenvalue weighted by Gasteiger charge is -2.09. The first-order chi connectivity index (χ1) is 13.4. The molecule has 3 aromatic carbocycles. The highest BCUT2D eigenvalue weighted by molar-refractivity contribution is 9.10. The van der Waals surface area contributed by atoms with Crippen LogP contribution in [0, 0.1) is 6.92 Å². The number of nitrogens with zero attached hydrogens (tertiary/aromatic N) is 1. The second kappa shape index (κ2) is 8.58. The van der Waals surface area contributed by atoms with Gasteiger partial charge in [-0.2, -0.15) is 8.42 Å². The summed E-state index contributed by atoms with van der Waals surface area (Å²) in [5.74, 6) is 0.972. The summed E-state index contributed by atoms with van der Waals surface area (Å²) in [5, 5.41) is 0. The highest BCUT2D eigenvalue weighted by Crippen LogP contribution is 2.29.